The fraction of sp³-hybridized carbons (Fsp3) is 0.267. The van der Waals surface area contributed by atoms with E-state index in [1.54, 1.807) is 23.5 Å². The van der Waals surface area contributed by atoms with Crippen molar-refractivity contribution in [1.29, 1.82) is 0 Å². The number of carboxylic acid groups (broad SMARTS) is 1. The molecule has 5 rings (SSSR count). The van der Waals surface area contributed by atoms with Crippen molar-refractivity contribution in [2.45, 2.75) is 25.3 Å². The third-order valence-electron chi connectivity index (χ3n) is 7.32. The molecule has 7 heteroatoms. The molecule has 0 bridgehead atoms. The summed E-state index contributed by atoms with van der Waals surface area (Å²) in [5.74, 6) is -0.372. The Balaban J connectivity index is 1.26. The summed E-state index contributed by atoms with van der Waals surface area (Å²) in [6, 6.07) is 25.3. The number of fused-ring (bicyclic) bond motifs is 1. The molecular formula is C30H31N3O3S. The van der Waals surface area contributed by atoms with E-state index < -0.39 is 5.97 Å². The van der Waals surface area contributed by atoms with Crippen LogP contribution in [0.2, 0.25) is 0 Å². The van der Waals surface area contributed by atoms with Crippen molar-refractivity contribution >= 4 is 39.1 Å². The lowest BCUT2D eigenvalue weighted by Crippen LogP contribution is -2.47. The zero-order chi connectivity index (χ0) is 25.8. The molecule has 0 radical (unpaired) electrons. The molecule has 2 heterocycles. The molecule has 1 fully saturated rings. The normalized spacial score (nSPS) is 18.5. The van der Waals surface area contributed by atoms with E-state index in [2.05, 4.69) is 71.5 Å². The number of likely N-dealkylation sites (tertiary alicyclic amines) is 1. The van der Waals surface area contributed by atoms with Crippen molar-refractivity contribution in [3.05, 3.63) is 101 Å². The number of carbonyl (C=O) groups excluding carboxylic acids is 1. The maximum absolute atomic E-state index is 13.1. The van der Waals surface area contributed by atoms with Gasteiger partial charge < -0.3 is 20.6 Å². The zero-order valence-electron chi connectivity index (χ0n) is 20.8. The highest BCUT2D eigenvalue weighted by Gasteiger charge is 2.32. The second-order valence-electron chi connectivity index (χ2n) is 9.64. The topological polar surface area (TPSA) is 81.7 Å². The highest BCUT2D eigenvalue weighted by Crippen LogP contribution is 2.34. The predicted molar refractivity (Wildman–Crippen MR) is 150 cm³/mol. The summed E-state index contributed by atoms with van der Waals surface area (Å²) in [6.45, 7) is 4.40. The highest BCUT2D eigenvalue weighted by atomic mass is 32.1. The molecule has 0 aliphatic carbocycles. The molecule has 3 atom stereocenters. The SMILES string of the molecule is C[C@@H](NCC1CCN(C(=O)Nc2ccc(C(=O)O)cc2)CC1c1ccccc1)c1csc2ccccc12. The fourth-order valence-electron chi connectivity index (χ4n) is 5.18. The Morgan fingerprint density at radius 3 is 2.51 bits per heavy atom. The van der Waals surface area contributed by atoms with Gasteiger partial charge in [-0.3, -0.25) is 0 Å². The molecule has 3 N–H and O–H groups in total. The number of nitrogens with one attached hydrogen (secondary N) is 2. The van der Waals surface area contributed by atoms with Crippen molar-refractivity contribution in [3.63, 3.8) is 0 Å². The number of aromatic carboxylic acids is 1. The number of carboxylic acids is 1. The van der Waals surface area contributed by atoms with Crippen LogP contribution < -0.4 is 10.6 Å². The summed E-state index contributed by atoms with van der Waals surface area (Å²) in [7, 11) is 0. The van der Waals surface area contributed by atoms with Crippen LogP contribution in [0.5, 0.6) is 0 Å². The van der Waals surface area contributed by atoms with Gasteiger partial charge in [-0.15, -0.1) is 11.3 Å². The minimum absolute atomic E-state index is 0.159. The van der Waals surface area contributed by atoms with Crippen LogP contribution in [0.4, 0.5) is 10.5 Å². The zero-order valence-corrected chi connectivity index (χ0v) is 21.6. The summed E-state index contributed by atoms with van der Waals surface area (Å²) in [4.78, 5) is 26.1. The first-order valence-electron chi connectivity index (χ1n) is 12.6. The minimum Gasteiger partial charge on any atom is -0.478 e. The number of anilines is 1. The van der Waals surface area contributed by atoms with Crippen molar-refractivity contribution in [3.8, 4) is 0 Å². The van der Waals surface area contributed by atoms with Crippen LogP contribution in [0.1, 0.15) is 46.8 Å². The number of rotatable bonds is 7. The second-order valence-corrected chi connectivity index (χ2v) is 10.6. The van der Waals surface area contributed by atoms with Crippen molar-refractivity contribution in [2.75, 3.05) is 25.0 Å². The van der Waals surface area contributed by atoms with Gasteiger partial charge >= 0.3 is 12.0 Å². The number of urea groups is 1. The van der Waals surface area contributed by atoms with Crippen molar-refractivity contribution < 1.29 is 14.7 Å². The molecule has 1 saturated heterocycles. The molecule has 1 aliphatic heterocycles. The number of thiophene rings is 1. The first kappa shape index (κ1) is 25.0. The maximum Gasteiger partial charge on any atom is 0.335 e. The average Bonchev–Trinajstić information content (AvgIpc) is 3.37. The second kappa shape index (κ2) is 11.2. The van der Waals surface area contributed by atoms with Gasteiger partial charge in [-0.2, -0.15) is 0 Å². The summed E-state index contributed by atoms with van der Waals surface area (Å²) < 4.78 is 1.31. The largest absolute Gasteiger partial charge is 0.478 e. The molecule has 0 spiro atoms. The fourth-order valence-corrected chi connectivity index (χ4v) is 6.23. The predicted octanol–water partition coefficient (Wildman–Crippen LogP) is 6.59. The number of carbonyl (C=O) groups is 2. The molecule has 2 unspecified atom stereocenters. The van der Waals surface area contributed by atoms with Crippen LogP contribution in [0.15, 0.2) is 84.2 Å². The van der Waals surface area contributed by atoms with E-state index in [0.717, 1.165) is 13.0 Å². The van der Waals surface area contributed by atoms with Gasteiger partial charge in [0.25, 0.3) is 0 Å². The average molecular weight is 514 g/mol. The first-order valence-corrected chi connectivity index (χ1v) is 13.5. The third-order valence-corrected chi connectivity index (χ3v) is 8.30. The lowest BCUT2D eigenvalue weighted by molar-refractivity contribution is 0.0697. The molecule has 3 aromatic carbocycles. The smallest absolute Gasteiger partial charge is 0.335 e. The van der Waals surface area contributed by atoms with Crippen LogP contribution >= 0.6 is 11.3 Å². The number of benzene rings is 3. The van der Waals surface area contributed by atoms with E-state index in [1.807, 2.05) is 11.0 Å². The Morgan fingerprint density at radius 2 is 1.76 bits per heavy atom. The summed E-state index contributed by atoms with van der Waals surface area (Å²) in [5, 5.41) is 19.4. The van der Waals surface area contributed by atoms with Crippen molar-refractivity contribution in [1.82, 2.24) is 10.2 Å². The van der Waals surface area contributed by atoms with E-state index >= 15 is 0 Å². The molecule has 1 aromatic heterocycles. The van der Waals surface area contributed by atoms with Gasteiger partial charge in [0.05, 0.1) is 5.56 Å². The van der Waals surface area contributed by atoms with Gasteiger partial charge in [0.2, 0.25) is 0 Å². The quantitative estimate of drug-likeness (QED) is 0.260. The standard InChI is InChI=1S/C30H31N3O3S/c1-20(27-19-37-28-10-6-5-9-25(27)28)31-17-23-15-16-33(18-26(23)21-7-3-2-4-8-21)30(36)32-24-13-11-22(12-14-24)29(34)35/h2-14,19-20,23,26,31H,15-18H2,1H3,(H,32,36)(H,34,35)/t20-,23?,26?/m1/s1. The number of amides is 2. The van der Waals surface area contributed by atoms with E-state index in [4.69, 9.17) is 5.11 Å². The van der Waals surface area contributed by atoms with E-state index in [1.165, 1.54) is 33.3 Å². The summed E-state index contributed by atoms with van der Waals surface area (Å²) in [6.07, 6.45) is 0.898. The summed E-state index contributed by atoms with van der Waals surface area (Å²) in [5.41, 5.74) is 3.36. The number of hydrogen-bond acceptors (Lipinski definition) is 4. The van der Waals surface area contributed by atoms with Crippen LogP contribution in [0, 0.1) is 5.92 Å². The molecule has 4 aromatic rings. The number of nitrogens with zero attached hydrogens (tertiary/aromatic N) is 1. The lowest BCUT2D eigenvalue weighted by Gasteiger charge is -2.39. The molecule has 190 valence electrons. The number of piperidine rings is 1. The van der Waals surface area contributed by atoms with Gasteiger partial charge in [-0.1, -0.05) is 48.5 Å². The van der Waals surface area contributed by atoms with Crippen LogP contribution in [-0.2, 0) is 0 Å². The van der Waals surface area contributed by atoms with E-state index in [0.29, 0.717) is 24.7 Å². The van der Waals surface area contributed by atoms with Crippen LogP contribution in [-0.4, -0.2) is 41.6 Å². The molecule has 6 nitrogen and oxygen atoms in total. The summed E-state index contributed by atoms with van der Waals surface area (Å²) >= 11 is 1.79. The first-order chi connectivity index (χ1) is 18.0. The third kappa shape index (κ3) is 5.68. The van der Waals surface area contributed by atoms with Crippen LogP contribution in [0.25, 0.3) is 10.1 Å². The minimum atomic E-state index is -0.985. The molecule has 37 heavy (non-hydrogen) atoms. The Labute approximate surface area is 220 Å². The van der Waals surface area contributed by atoms with Gasteiger partial charge in [0.15, 0.2) is 0 Å². The highest BCUT2D eigenvalue weighted by molar-refractivity contribution is 7.17. The molecular weight excluding hydrogens is 482 g/mol. The van der Waals surface area contributed by atoms with E-state index in [9.17, 15) is 9.59 Å². The maximum atomic E-state index is 13.1. The molecule has 1 aliphatic rings. The van der Waals surface area contributed by atoms with Gasteiger partial charge in [0.1, 0.15) is 0 Å². The molecule has 0 saturated carbocycles. The number of hydrogen-bond donors (Lipinski definition) is 3. The Kier molecular flexibility index (Phi) is 7.53. The van der Waals surface area contributed by atoms with E-state index in [-0.39, 0.29) is 23.6 Å². The Morgan fingerprint density at radius 1 is 1.03 bits per heavy atom. The lowest BCUT2D eigenvalue weighted by atomic mass is 9.80. The van der Waals surface area contributed by atoms with Crippen LogP contribution in [0.3, 0.4) is 0 Å². The van der Waals surface area contributed by atoms with Gasteiger partial charge in [0, 0.05) is 35.4 Å². The van der Waals surface area contributed by atoms with Gasteiger partial charge in [-0.25, -0.2) is 9.59 Å². The molecule has 2 amide bonds. The Bertz CT molecular complexity index is 1370. The van der Waals surface area contributed by atoms with Gasteiger partial charge in [-0.05, 0) is 78.0 Å². The van der Waals surface area contributed by atoms with Crippen molar-refractivity contribution in [2.24, 2.45) is 5.92 Å². The monoisotopic (exact) mass is 513 g/mol. The Hall–Kier alpha value is -3.68.